The molecule has 156 valence electrons. The third kappa shape index (κ3) is 2.97. The molecule has 0 bridgehead atoms. The van der Waals surface area contributed by atoms with Gasteiger partial charge in [-0.25, -0.2) is 0 Å². The first-order valence-electron chi connectivity index (χ1n) is 10.9. The Hall–Kier alpha value is -2.27. The number of thioether (sulfide) groups is 1. The van der Waals surface area contributed by atoms with Gasteiger partial charge in [-0.3, -0.25) is 9.98 Å². The van der Waals surface area contributed by atoms with E-state index in [2.05, 4.69) is 85.9 Å². The van der Waals surface area contributed by atoms with Crippen LogP contribution in [-0.4, -0.2) is 39.4 Å². The molecule has 4 heterocycles. The van der Waals surface area contributed by atoms with Crippen molar-refractivity contribution in [1.29, 1.82) is 0 Å². The molecule has 4 nitrogen and oxygen atoms in total. The number of benzene rings is 1. The first kappa shape index (κ1) is 19.7. The van der Waals surface area contributed by atoms with E-state index in [0.717, 1.165) is 17.9 Å². The molecule has 0 radical (unpaired) electrons. The zero-order valence-electron chi connectivity index (χ0n) is 18.5. The van der Waals surface area contributed by atoms with Crippen molar-refractivity contribution in [1.82, 2.24) is 9.88 Å². The number of likely N-dealkylation sites (N-methyl/N-ethyl adjacent to an activating group) is 1. The molecule has 1 aromatic heterocycles. The zero-order chi connectivity index (χ0) is 21.0. The van der Waals surface area contributed by atoms with Crippen molar-refractivity contribution in [3.8, 4) is 0 Å². The molecule has 1 fully saturated rings. The molecule has 1 saturated heterocycles. The normalized spacial score (nSPS) is 26.9. The highest BCUT2D eigenvalue weighted by molar-refractivity contribution is 8.14. The van der Waals surface area contributed by atoms with E-state index in [1.165, 1.54) is 27.6 Å². The molecule has 0 saturated carbocycles. The van der Waals surface area contributed by atoms with Gasteiger partial charge in [-0.15, -0.1) is 0 Å². The number of amidine groups is 1. The van der Waals surface area contributed by atoms with E-state index in [1.54, 1.807) is 0 Å². The Balaban J connectivity index is 1.62. The van der Waals surface area contributed by atoms with Gasteiger partial charge in [0, 0.05) is 36.3 Å². The summed E-state index contributed by atoms with van der Waals surface area (Å²) in [6, 6.07) is 14.0. The molecule has 0 amide bonds. The Labute approximate surface area is 184 Å². The van der Waals surface area contributed by atoms with Crippen LogP contribution in [0, 0.1) is 0 Å². The topological polar surface area (TPSA) is 31.7 Å². The molecule has 0 spiro atoms. The highest BCUT2D eigenvalue weighted by Crippen LogP contribution is 2.50. The maximum Gasteiger partial charge on any atom is 0.160 e. The molecule has 0 unspecified atom stereocenters. The van der Waals surface area contributed by atoms with Gasteiger partial charge in [0.05, 0.1) is 17.3 Å². The van der Waals surface area contributed by atoms with E-state index in [1.807, 2.05) is 24.0 Å². The molecule has 3 aliphatic heterocycles. The number of rotatable bonds is 3. The Morgan fingerprint density at radius 1 is 1.20 bits per heavy atom. The molecular formula is C25H30N4S. The number of aliphatic imine (C=N–C) groups is 1. The number of pyridine rings is 1. The van der Waals surface area contributed by atoms with Gasteiger partial charge in [0.1, 0.15) is 6.04 Å². The summed E-state index contributed by atoms with van der Waals surface area (Å²) in [5.41, 5.74) is 6.42. The molecule has 0 aliphatic carbocycles. The fraction of sp³-hybridized carbons (Fsp3) is 0.440. The monoisotopic (exact) mass is 418 g/mol. The van der Waals surface area contributed by atoms with Gasteiger partial charge in [-0.05, 0) is 62.6 Å². The van der Waals surface area contributed by atoms with E-state index in [4.69, 9.17) is 4.99 Å². The number of fused-ring (bicyclic) bond motifs is 2. The van der Waals surface area contributed by atoms with Crippen molar-refractivity contribution < 1.29 is 0 Å². The SMILES string of the molecule is CC[C@@H]1CSC2=N[C@@H](c3ccccn3)[C@H](c3ccc4c(c3)C(C)=CC(C)(C)N4C)N21. The fourth-order valence-electron chi connectivity index (χ4n) is 5.07. The van der Waals surface area contributed by atoms with Gasteiger partial charge in [-0.2, -0.15) is 0 Å². The van der Waals surface area contributed by atoms with Crippen molar-refractivity contribution in [3.05, 3.63) is 65.5 Å². The van der Waals surface area contributed by atoms with Crippen molar-refractivity contribution in [2.75, 3.05) is 17.7 Å². The summed E-state index contributed by atoms with van der Waals surface area (Å²) in [6.07, 6.45) is 5.40. The van der Waals surface area contributed by atoms with E-state index >= 15 is 0 Å². The van der Waals surface area contributed by atoms with E-state index < -0.39 is 0 Å². The molecule has 3 aliphatic rings. The molecule has 3 atom stereocenters. The van der Waals surface area contributed by atoms with Crippen LogP contribution in [0.25, 0.3) is 5.57 Å². The maximum absolute atomic E-state index is 5.16. The highest BCUT2D eigenvalue weighted by Gasteiger charge is 2.45. The van der Waals surface area contributed by atoms with Gasteiger partial charge in [0.25, 0.3) is 0 Å². The van der Waals surface area contributed by atoms with Crippen LogP contribution in [0.3, 0.4) is 0 Å². The molecule has 0 N–H and O–H groups in total. The summed E-state index contributed by atoms with van der Waals surface area (Å²) in [4.78, 5) is 14.8. The summed E-state index contributed by atoms with van der Waals surface area (Å²) in [5.74, 6) is 1.13. The van der Waals surface area contributed by atoms with Crippen LogP contribution in [0.15, 0.2) is 53.7 Å². The van der Waals surface area contributed by atoms with Crippen LogP contribution in [0.4, 0.5) is 5.69 Å². The number of hydrogen-bond acceptors (Lipinski definition) is 5. The third-order valence-electron chi connectivity index (χ3n) is 6.91. The third-order valence-corrected chi connectivity index (χ3v) is 8.04. The van der Waals surface area contributed by atoms with Crippen LogP contribution >= 0.6 is 11.8 Å². The van der Waals surface area contributed by atoms with Gasteiger partial charge in [0.15, 0.2) is 5.17 Å². The summed E-state index contributed by atoms with van der Waals surface area (Å²) >= 11 is 1.90. The molecule has 1 aromatic carbocycles. The van der Waals surface area contributed by atoms with Crippen LogP contribution in [0.5, 0.6) is 0 Å². The molecular weight excluding hydrogens is 388 g/mol. The number of aromatic nitrogens is 1. The van der Waals surface area contributed by atoms with Crippen LogP contribution in [0.1, 0.15) is 63.0 Å². The summed E-state index contributed by atoms with van der Waals surface area (Å²) in [5, 5.41) is 1.19. The van der Waals surface area contributed by atoms with E-state index in [-0.39, 0.29) is 17.6 Å². The van der Waals surface area contributed by atoms with Gasteiger partial charge in [0.2, 0.25) is 0 Å². The van der Waals surface area contributed by atoms with Gasteiger partial charge < -0.3 is 9.80 Å². The van der Waals surface area contributed by atoms with Crippen LogP contribution in [-0.2, 0) is 0 Å². The summed E-state index contributed by atoms with van der Waals surface area (Å²) in [6.45, 7) is 9.07. The number of hydrogen-bond donors (Lipinski definition) is 0. The molecule has 5 rings (SSSR count). The quantitative estimate of drug-likeness (QED) is 0.641. The Morgan fingerprint density at radius 2 is 2.03 bits per heavy atom. The predicted molar refractivity (Wildman–Crippen MR) is 128 cm³/mol. The van der Waals surface area contributed by atoms with Crippen molar-refractivity contribution in [2.24, 2.45) is 4.99 Å². The Bertz CT molecular complexity index is 1030. The average molecular weight is 419 g/mol. The minimum Gasteiger partial charge on any atom is -0.366 e. The molecule has 2 aromatic rings. The second-order valence-electron chi connectivity index (χ2n) is 9.15. The number of nitrogens with zero attached hydrogens (tertiary/aromatic N) is 4. The number of allylic oxidation sites excluding steroid dienone is 1. The zero-order valence-corrected chi connectivity index (χ0v) is 19.3. The van der Waals surface area contributed by atoms with Gasteiger partial charge in [-0.1, -0.05) is 36.9 Å². The second-order valence-corrected chi connectivity index (χ2v) is 10.1. The van der Waals surface area contributed by atoms with Crippen molar-refractivity contribution in [3.63, 3.8) is 0 Å². The lowest BCUT2D eigenvalue weighted by atomic mass is 9.86. The minimum absolute atomic E-state index is 0.0254. The lowest BCUT2D eigenvalue weighted by molar-refractivity contribution is 0.255. The Morgan fingerprint density at radius 3 is 2.77 bits per heavy atom. The second kappa shape index (κ2) is 7.16. The van der Waals surface area contributed by atoms with E-state index in [9.17, 15) is 0 Å². The fourth-order valence-corrected chi connectivity index (χ4v) is 6.41. The first-order chi connectivity index (χ1) is 14.4. The lowest BCUT2D eigenvalue weighted by Gasteiger charge is -2.41. The van der Waals surface area contributed by atoms with Crippen LogP contribution < -0.4 is 4.90 Å². The number of anilines is 1. The maximum atomic E-state index is 5.16. The summed E-state index contributed by atoms with van der Waals surface area (Å²) in [7, 11) is 2.19. The molecule has 5 heteroatoms. The van der Waals surface area contributed by atoms with Crippen molar-refractivity contribution >= 4 is 28.2 Å². The lowest BCUT2D eigenvalue weighted by Crippen LogP contribution is -2.42. The highest BCUT2D eigenvalue weighted by atomic mass is 32.2. The van der Waals surface area contributed by atoms with Crippen LogP contribution in [0.2, 0.25) is 0 Å². The van der Waals surface area contributed by atoms with Crippen molar-refractivity contribution in [2.45, 2.75) is 57.8 Å². The predicted octanol–water partition coefficient (Wildman–Crippen LogP) is 5.69. The smallest absolute Gasteiger partial charge is 0.160 e. The standard InChI is InChI=1S/C25H30N4S/c1-6-18-15-30-24-27-22(20-9-7-8-12-26-20)23(29(18)24)17-10-11-21-19(13-17)16(2)14-25(3,4)28(21)5/h7-14,18,22-23H,6,15H2,1-5H3/t18-,22+,23+/m1/s1. The Kier molecular flexibility index (Phi) is 4.69. The first-order valence-corrected chi connectivity index (χ1v) is 11.9. The average Bonchev–Trinajstić information content (AvgIpc) is 3.31. The summed E-state index contributed by atoms with van der Waals surface area (Å²) < 4.78 is 0. The largest absolute Gasteiger partial charge is 0.366 e. The molecule has 30 heavy (non-hydrogen) atoms. The van der Waals surface area contributed by atoms with E-state index in [0.29, 0.717) is 6.04 Å². The van der Waals surface area contributed by atoms with Gasteiger partial charge >= 0.3 is 0 Å². The minimum atomic E-state index is 0.0254.